The first-order valence-corrected chi connectivity index (χ1v) is 6.95. The molecule has 0 bridgehead atoms. The quantitative estimate of drug-likeness (QED) is 0.706. The Morgan fingerprint density at radius 2 is 1.86 bits per heavy atom. The van der Waals surface area contributed by atoms with Crippen LogP contribution in [0.4, 0.5) is 0 Å². The van der Waals surface area contributed by atoms with Crippen molar-refractivity contribution in [3.05, 3.63) is 0 Å². The maximum atomic E-state index is 11.7. The number of Topliss-reactive ketones (excluding diaryl/α,β-unsaturated/α-hetero) is 1. The summed E-state index contributed by atoms with van der Waals surface area (Å²) in [5, 5.41) is -0.116. The molecule has 4 heteroatoms. The van der Waals surface area contributed by atoms with Crippen LogP contribution in [0.5, 0.6) is 0 Å². The molecule has 1 rings (SSSR count). The second-order valence-corrected chi connectivity index (χ2v) is 6.48. The lowest BCUT2D eigenvalue weighted by molar-refractivity contribution is -0.117. The van der Waals surface area contributed by atoms with E-state index in [1.807, 2.05) is 0 Å². The average Bonchev–Trinajstić information content (AvgIpc) is 2.54. The first-order chi connectivity index (χ1) is 6.52. The van der Waals surface area contributed by atoms with Gasteiger partial charge in [-0.25, -0.2) is 8.42 Å². The molecule has 0 unspecified atom stereocenters. The summed E-state index contributed by atoms with van der Waals surface area (Å²) in [5.41, 5.74) is 0. The van der Waals surface area contributed by atoms with Crippen molar-refractivity contribution in [3.63, 3.8) is 0 Å². The minimum absolute atomic E-state index is 0.0756. The molecular formula is C10H18O3S. The van der Waals surface area contributed by atoms with Crippen LogP contribution in [0.15, 0.2) is 0 Å². The van der Waals surface area contributed by atoms with E-state index in [4.69, 9.17) is 0 Å². The van der Waals surface area contributed by atoms with Gasteiger partial charge >= 0.3 is 0 Å². The maximum Gasteiger partial charge on any atom is 0.153 e. The maximum absolute atomic E-state index is 11.7. The van der Waals surface area contributed by atoms with Gasteiger partial charge in [-0.15, -0.1) is 0 Å². The molecule has 14 heavy (non-hydrogen) atoms. The van der Waals surface area contributed by atoms with Gasteiger partial charge in [-0.3, -0.25) is 0 Å². The third kappa shape index (κ3) is 3.40. The molecule has 0 atom stereocenters. The smallest absolute Gasteiger partial charge is 0.153 e. The molecule has 0 aromatic carbocycles. The predicted molar refractivity (Wildman–Crippen MR) is 56.0 cm³/mol. The molecule has 0 aliphatic heterocycles. The number of carbonyl (C=O) groups excluding carboxylic acids is 1. The molecule has 3 nitrogen and oxygen atoms in total. The topological polar surface area (TPSA) is 51.2 Å². The van der Waals surface area contributed by atoms with Gasteiger partial charge in [-0.1, -0.05) is 12.8 Å². The van der Waals surface area contributed by atoms with Crippen LogP contribution in [0, 0.1) is 0 Å². The van der Waals surface area contributed by atoms with Crippen LogP contribution in [-0.2, 0) is 14.6 Å². The van der Waals surface area contributed by atoms with E-state index >= 15 is 0 Å². The zero-order chi connectivity index (χ0) is 10.6. The summed E-state index contributed by atoms with van der Waals surface area (Å²) in [7, 11) is -2.91. The highest BCUT2D eigenvalue weighted by Gasteiger charge is 2.27. The third-order valence-corrected chi connectivity index (χ3v) is 5.11. The Morgan fingerprint density at radius 1 is 1.29 bits per heavy atom. The van der Waals surface area contributed by atoms with E-state index in [1.54, 1.807) is 0 Å². The van der Waals surface area contributed by atoms with Crippen LogP contribution in [0.3, 0.4) is 0 Å². The Bertz CT molecular complexity index is 286. The lowest BCUT2D eigenvalue weighted by Gasteiger charge is -2.09. The highest BCUT2D eigenvalue weighted by Crippen LogP contribution is 2.25. The SMILES string of the molecule is CC(=O)CCCS(=O)(=O)C1CCCC1. The van der Waals surface area contributed by atoms with Gasteiger partial charge in [0, 0.05) is 6.42 Å². The predicted octanol–water partition coefficient (Wildman–Crippen LogP) is 1.71. The van der Waals surface area contributed by atoms with Crippen molar-refractivity contribution >= 4 is 15.6 Å². The van der Waals surface area contributed by atoms with E-state index in [9.17, 15) is 13.2 Å². The molecule has 0 aromatic heterocycles. The van der Waals surface area contributed by atoms with Crippen LogP contribution in [0.1, 0.15) is 45.4 Å². The molecule has 0 saturated heterocycles. The second-order valence-electron chi connectivity index (χ2n) is 4.08. The molecule has 0 radical (unpaired) electrons. The summed E-state index contributed by atoms with van der Waals surface area (Å²) in [4.78, 5) is 10.7. The summed E-state index contributed by atoms with van der Waals surface area (Å²) in [5.74, 6) is 0.267. The minimum atomic E-state index is -2.91. The number of hydrogen-bond acceptors (Lipinski definition) is 3. The summed E-state index contributed by atoms with van der Waals surface area (Å²) in [6.45, 7) is 1.50. The van der Waals surface area contributed by atoms with E-state index in [2.05, 4.69) is 0 Å². The van der Waals surface area contributed by atoms with E-state index in [1.165, 1.54) is 6.92 Å². The normalized spacial score (nSPS) is 18.6. The fourth-order valence-electron chi connectivity index (χ4n) is 1.94. The van der Waals surface area contributed by atoms with Gasteiger partial charge < -0.3 is 4.79 Å². The molecule has 0 amide bonds. The molecule has 0 N–H and O–H groups in total. The van der Waals surface area contributed by atoms with Crippen molar-refractivity contribution in [3.8, 4) is 0 Å². The molecule has 0 aromatic rings. The van der Waals surface area contributed by atoms with Crippen molar-refractivity contribution in [2.45, 2.75) is 50.7 Å². The van der Waals surface area contributed by atoms with Crippen molar-refractivity contribution in [1.29, 1.82) is 0 Å². The fraction of sp³-hybridized carbons (Fsp3) is 0.900. The zero-order valence-corrected chi connectivity index (χ0v) is 9.48. The summed E-state index contributed by atoms with van der Waals surface area (Å²) >= 11 is 0. The monoisotopic (exact) mass is 218 g/mol. The molecule has 1 aliphatic rings. The Morgan fingerprint density at radius 3 is 2.36 bits per heavy atom. The molecular weight excluding hydrogens is 200 g/mol. The number of carbonyl (C=O) groups is 1. The standard InChI is InChI=1S/C10H18O3S/c1-9(11)5-4-8-14(12,13)10-6-2-3-7-10/h10H,2-8H2,1H3. The van der Waals surface area contributed by atoms with Gasteiger partial charge in [-0.2, -0.15) is 0 Å². The van der Waals surface area contributed by atoms with E-state index in [0.29, 0.717) is 12.8 Å². The van der Waals surface area contributed by atoms with Crippen LogP contribution >= 0.6 is 0 Å². The summed E-state index contributed by atoms with van der Waals surface area (Å²) in [6, 6.07) is 0. The highest BCUT2D eigenvalue weighted by atomic mass is 32.2. The van der Waals surface area contributed by atoms with Gasteiger partial charge in [0.1, 0.15) is 5.78 Å². The molecule has 1 saturated carbocycles. The third-order valence-electron chi connectivity index (χ3n) is 2.77. The lowest BCUT2D eigenvalue weighted by atomic mass is 10.3. The van der Waals surface area contributed by atoms with Crippen LogP contribution in [-0.4, -0.2) is 25.2 Å². The van der Waals surface area contributed by atoms with Gasteiger partial charge in [-0.05, 0) is 26.2 Å². The lowest BCUT2D eigenvalue weighted by Crippen LogP contribution is -2.21. The van der Waals surface area contributed by atoms with Crippen LogP contribution in [0.25, 0.3) is 0 Å². The number of rotatable bonds is 5. The summed E-state index contributed by atoms with van der Waals surface area (Å²) in [6.07, 6.45) is 4.61. The van der Waals surface area contributed by atoms with Gasteiger partial charge in [0.05, 0.1) is 11.0 Å². The molecule has 0 spiro atoms. The van der Waals surface area contributed by atoms with Crippen molar-refractivity contribution in [2.75, 3.05) is 5.75 Å². The molecule has 1 aliphatic carbocycles. The summed E-state index contributed by atoms with van der Waals surface area (Å²) < 4.78 is 23.4. The van der Waals surface area contributed by atoms with Crippen molar-refractivity contribution < 1.29 is 13.2 Å². The number of ketones is 1. The highest BCUT2D eigenvalue weighted by molar-refractivity contribution is 7.92. The van der Waals surface area contributed by atoms with E-state index in [0.717, 1.165) is 25.7 Å². The second kappa shape index (κ2) is 4.91. The first-order valence-electron chi connectivity index (χ1n) is 5.23. The molecule has 82 valence electrons. The van der Waals surface area contributed by atoms with E-state index in [-0.39, 0.29) is 16.8 Å². The zero-order valence-electron chi connectivity index (χ0n) is 8.66. The minimum Gasteiger partial charge on any atom is -0.300 e. The fourth-order valence-corrected chi connectivity index (χ4v) is 3.87. The van der Waals surface area contributed by atoms with Crippen LogP contribution < -0.4 is 0 Å². The van der Waals surface area contributed by atoms with Crippen molar-refractivity contribution in [2.24, 2.45) is 0 Å². The largest absolute Gasteiger partial charge is 0.300 e. The Labute approximate surface area is 85.8 Å². The van der Waals surface area contributed by atoms with Gasteiger partial charge in [0.2, 0.25) is 0 Å². The first kappa shape index (κ1) is 11.7. The molecule has 1 fully saturated rings. The Hall–Kier alpha value is -0.380. The average molecular weight is 218 g/mol. The van der Waals surface area contributed by atoms with Crippen molar-refractivity contribution in [1.82, 2.24) is 0 Å². The number of hydrogen-bond donors (Lipinski definition) is 0. The Kier molecular flexibility index (Phi) is 4.11. The van der Waals surface area contributed by atoms with Gasteiger partial charge in [0.15, 0.2) is 9.84 Å². The Balaban J connectivity index is 2.37. The van der Waals surface area contributed by atoms with E-state index < -0.39 is 9.84 Å². The van der Waals surface area contributed by atoms with Gasteiger partial charge in [0.25, 0.3) is 0 Å². The number of sulfone groups is 1. The molecule has 0 heterocycles. The van der Waals surface area contributed by atoms with Crippen LogP contribution in [0.2, 0.25) is 0 Å².